The molecule has 0 spiro atoms. The van der Waals surface area contributed by atoms with Crippen LogP contribution in [0.25, 0.3) is 10.6 Å². The van der Waals surface area contributed by atoms with E-state index in [0.717, 1.165) is 24.5 Å². The van der Waals surface area contributed by atoms with Gasteiger partial charge in [0.25, 0.3) is 0 Å². The fourth-order valence-electron chi connectivity index (χ4n) is 4.27. The number of aliphatic hydroxyl groups is 1. The second kappa shape index (κ2) is 11.3. The van der Waals surface area contributed by atoms with Gasteiger partial charge in [-0.05, 0) is 24.3 Å². The highest BCUT2D eigenvalue weighted by molar-refractivity contribution is 7.19. The zero-order chi connectivity index (χ0) is 24.9. The Morgan fingerprint density at radius 1 is 1.06 bits per heavy atom. The normalized spacial score (nSPS) is 17.6. The summed E-state index contributed by atoms with van der Waals surface area (Å²) >= 11 is 1.23. The zero-order valence-corrected chi connectivity index (χ0v) is 20.5. The molecule has 5 heterocycles. The third kappa shape index (κ3) is 5.47. The number of hydrogen-bond acceptors (Lipinski definition) is 11. The van der Waals surface area contributed by atoms with Crippen LogP contribution in [0.3, 0.4) is 0 Å². The Hall–Kier alpha value is -3.16. The summed E-state index contributed by atoms with van der Waals surface area (Å²) in [5.74, 6) is 0.212. The average molecular weight is 513 g/mol. The predicted molar refractivity (Wildman–Crippen MR) is 135 cm³/mol. The number of morpholine rings is 2. The second-order valence-electron chi connectivity index (χ2n) is 8.43. The Kier molecular flexibility index (Phi) is 7.68. The quantitative estimate of drug-likeness (QED) is 0.410. The van der Waals surface area contributed by atoms with E-state index in [1.807, 2.05) is 24.3 Å². The molecule has 0 aliphatic carbocycles. The molecule has 190 valence electrons. The van der Waals surface area contributed by atoms with E-state index in [4.69, 9.17) is 9.47 Å². The minimum Gasteiger partial charge on any atom is -0.476 e. The Morgan fingerprint density at radius 2 is 1.81 bits per heavy atom. The molecule has 3 aromatic heterocycles. The van der Waals surface area contributed by atoms with Crippen LogP contribution in [0.5, 0.6) is 0 Å². The lowest BCUT2D eigenvalue weighted by molar-refractivity contribution is 0.00158. The number of ether oxygens (including phenoxy) is 2. The van der Waals surface area contributed by atoms with Crippen molar-refractivity contribution >= 4 is 33.9 Å². The summed E-state index contributed by atoms with van der Waals surface area (Å²) in [7, 11) is 0. The van der Waals surface area contributed by atoms with Crippen LogP contribution in [0.2, 0.25) is 0 Å². The molecule has 0 bridgehead atoms. The number of rotatable bonds is 8. The van der Waals surface area contributed by atoms with Gasteiger partial charge in [-0.3, -0.25) is 4.90 Å². The van der Waals surface area contributed by atoms with E-state index in [1.54, 1.807) is 12.3 Å². The topological polar surface area (TPSA) is 133 Å². The molecular weight excluding hydrogens is 484 g/mol. The molecule has 5 rings (SSSR count). The molecule has 3 N–H and O–H groups in total. The number of aromatic nitrogens is 3. The highest BCUT2D eigenvalue weighted by Crippen LogP contribution is 2.34. The van der Waals surface area contributed by atoms with Gasteiger partial charge in [-0.1, -0.05) is 17.4 Å². The maximum atomic E-state index is 11.9. The molecule has 2 fully saturated rings. The molecule has 0 aromatic carbocycles. The number of thiazole rings is 1. The molecule has 11 nitrogen and oxygen atoms in total. The van der Waals surface area contributed by atoms with Gasteiger partial charge < -0.3 is 29.9 Å². The Labute approximate surface area is 212 Å². The number of carboxylic acids is 1. The van der Waals surface area contributed by atoms with Gasteiger partial charge in [0.15, 0.2) is 5.69 Å². The first-order chi connectivity index (χ1) is 17.6. The first-order valence-electron chi connectivity index (χ1n) is 11.8. The lowest BCUT2D eigenvalue weighted by Crippen LogP contribution is -2.40. The van der Waals surface area contributed by atoms with E-state index in [9.17, 15) is 15.0 Å². The predicted octanol–water partition coefficient (Wildman–Crippen LogP) is 2.24. The minimum atomic E-state index is -1.13. The van der Waals surface area contributed by atoms with Gasteiger partial charge in [0, 0.05) is 37.9 Å². The largest absolute Gasteiger partial charge is 0.476 e. The third-order valence-electron chi connectivity index (χ3n) is 6.17. The third-order valence-corrected chi connectivity index (χ3v) is 7.19. The van der Waals surface area contributed by atoms with Gasteiger partial charge in [0.05, 0.1) is 44.8 Å². The minimum absolute atomic E-state index is 0.0744. The standard InChI is InChI=1S/C24H28N6O5S/c31-15-18(29-6-10-34-11-7-29)17-2-1-3-19(26-17)27-23-21(24(32)33)28-22(36-23)16-4-5-20(25-14-16)30-8-12-35-13-9-30/h1-5,14,18,31H,6-13,15H2,(H,26,27)(H,32,33). The number of carboxylic acid groups (broad SMARTS) is 1. The van der Waals surface area contributed by atoms with Crippen LogP contribution in [0.15, 0.2) is 36.5 Å². The van der Waals surface area contributed by atoms with Crippen LogP contribution in [-0.2, 0) is 9.47 Å². The molecule has 0 radical (unpaired) electrons. The molecule has 2 aliphatic heterocycles. The maximum Gasteiger partial charge on any atom is 0.357 e. The number of nitrogens with zero attached hydrogens (tertiary/aromatic N) is 5. The molecular formula is C24H28N6O5S. The van der Waals surface area contributed by atoms with Crippen LogP contribution in [-0.4, -0.2) is 95.2 Å². The fraction of sp³-hybridized carbons (Fsp3) is 0.417. The number of aliphatic hydroxyl groups excluding tert-OH is 1. The number of carbonyl (C=O) groups is 1. The Bertz CT molecular complexity index is 1180. The van der Waals surface area contributed by atoms with Gasteiger partial charge in [-0.25, -0.2) is 19.7 Å². The first kappa shape index (κ1) is 24.5. The Balaban J connectivity index is 1.36. The smallest absolute Gasteiger partial charge is 0.357 e. The summed E-state index contributed by atoms with van der Waals surface area (Å²) in [5, 5.41) is 23.8. The molecule has 0 saturated carbocycles. The lowest BCUT2D eigenvalue weighted by atomic mass is 10.1. The van der Waals surface area contributed by atoms with E-state index >= 15 is 0 Å². The lowest BCUT2D eigenvalue weighted by Gasteiger charge is -2.33. The van der Waals surface area contributed by atoms with E-state index in [-0.39, 0.29) is 18.3 Å². The molecule has 2 saturated heterocycles. The second-order valence-corrected chi connectivity index (χ2v) is 9.42. The molecule has 12 heteroatoms. The molecule has 36 heavy (non-hydrogen) atoms. The summed E-state index contributed by atoms with van der Waals surface area (Å²) in [5.41, 5.74) is 1.36. The summed E-state index contributed by atoms with van der Waals surface area (Å²) in [6.07, 6.45) is 1.71. The van der Waals surface area contributed by atoms with Crippen molar-refractivity contribution in [1.29, 1.82) is 0 Å². The van der Waals surface area contributed by atoms with Crippen LogP contribution >= 0.6 is 11.3 Å². The van der Waals surface area contributed by atoms with Crippen LogP contribution in [0.1, 0.15) is 22.2 Å². The van der Waals surface area contributed by atoms with Gasteiger partial charge in [-0.15, -0.1) is 0 Å². The van der Waals surface area contributed by atoms with Gasteiger partial charge in [0.2, 0.25) is 0 Å². The van der Waals surface area contributed by atoms with Gasteiger partial charge in [0.1, 0.15) is 21.6 Å². The van der Waals surface area contributed by atoms with E-state index in [0.29, 0.717) is 61.0 Å². The molecule has 3 aromatic rings. The van der Waals surface area contributed by atoms with Gasteiger partial charge >= 0.3 is 5.97 Å². The number of hydrogen-bond donors (Lipinski definition) is 3. The van der Waals surface area contributed by atoms with Crippen LogP contribution in [0.4, 0.5) is 16.6 Å². The summed E-state index contributed by atoms with van der Waals surface area (Å²) < 4.78 is 10.8. The molecule has 0 amide bonds. The van der Waals surface area contributed by atoms with Crippen molar-refractivity contribution in [3.05, 3.63) is 47.9 Å². The van der Waals surface area contributed by atoms with Crippen LogP contribution < -0.4 is 10.2 Å². The molecule has 1 atom stereocenters. The van der Waals surface area contributed by atoms with E-state index in [2.05, 4.69) is 30.1 Å². The van der Waals surface area contributed by atoms with Crippen molar-refractivity contribution in [2.45, 2.75) is 6.04 Å². The van der Waals surface area contributed by atoms with Crippen molar-refractivity contribution in [1.82, 2.24) is 19.9 Å². The number of pyridine rings is 2. The number of nitrogens with one attached hydrogen (secondary N) is 1. The van der Waals surface area contributed by atoms with Crippen molar-refractivity contribution in [3.8, 4) is 10.6 Å². The molecule has 1 unspecified atom stereocenters. The van der Waals surface area contributed by atoms with Gasteiger partial charge in [-0.2, -0.15) is 0 Å². The highest BCUT2D eigenvalue weighted by Gasteiger charge is 2.24. The monoisotopic (exact) mass is 512 g/mol. The van der Waals surface area contributed by atoms with Crippen molar-refractivity contribution < 1.29 is 24.5 Å². The van der Waals surface area contributed by atoms with Crippen LogP contribution in [0, 0.1) is 0 Å². The summed E-state index contributed by atoms with van der Waals surface area (Å²) in [6, 6.07) is 9.02. The summed E-state index contributed by atoms with van der Waals surface area (Å²) in [4.78, 5) is 29.8. The van der Waals surface area contributed by atoms with Crippen molar-refractivity contribution in [2.24, 2.45) is 0 Å². The first-order valence-corrected chi connectivity index (χ1v) is 12.6. The van der Waals surface area contributed by atoms with E-state index < -0.39 is 5.97 Å². The molecule has 2 aliphatic rings. The Morgan fingerprint density at radius 3 is 2.47 bits per heavy atom. The highest BCUT2D eigenvalue weighted by atomic mass is 32.1. The number of aromatic carboxylic acids is 1. The number of anilines is 3. The fourth-order valence-corrected chi connectivity index (χ4v) is 5.23. The van der Waals surface area contributed by atoms with E-state index in [1.165, 1.54) is 11.3 Å². The average Bonchev–Trinajstić information content (AvgIpc) is 3.35. The zero-order valence-electron chi connectivity index (χ0n) is 19.7. The van der Waals surface area contributed by atoms with Crippen molar-refractivity contribution in [3.63, 3.8) is 0 Å². The SMILES string of the molecule is O=C(O)c1nc(-c2ccc(N3CCOCC3)nc2)sc1Nc1cccc(C(CO)N2CCOCC2)n1. The maximum absolute atomic E-state index is 11.9. The van der Waals surface area contributed by atoms with Crippen molar-refractivity contribution in [2.75, 3.05) is 69.4 Å². The summed E-state index contributed by atoms with van der Waals surface area (Å²) in [6.45, 7) is 5.50.